The van der Waals surface area contributed by atoms with Crippen molar-refractivity contribution >= 4 is 21.4 Å². The van der Waals surface area contributed by atoms with Crippen molar-refractivity contribution in [3.8, 4) is 11.1 Å². The molecular formula is C19H22N2O3S. The number of carbonyl (C=O) groups excluding carboxylic acids is 1. The number of nitrogens with one attached hydrogen (secondary N) is 1. The summed E-state index contributed by atoms with van der Waals surface area (Å²) < 4.78 is 23.1. The molecule has 6 heteroatoms. The van der Waals surface area contributed by atoms with Crippen LogP contribution in [0.1, 0.15) is 6.42 Å². The fraction of sp³-hybridized carbons (Fsp3) is 0.316. The van der Waals surface area contributed by atoms with Gasteiger partial charge in [-0.05, 0) is 36.7 Å². The third-order valence-corrected chi connectivity index (χ3v) is 6.25. The minimum atomic E-state index is -2.94. The minimum Gasteiger partial charge on any atom is -0.325 e. The van der Waals surface area contributed by atoms with Gasteiger partial charge in [0, 0.05) is 11.7 Å². The van der Waals surface area contributed by atoms with Crippen molar-refractivity contribution < 1.29 is 13.2 Å². The van der Waals surface area contributed by atoms with E-state index >= 15 is 0 Å². The molecule has 0 spiro atoms. The number of sulfone groups is 1. The molecule has 1 saturated heterocycles. The van der Waals surface area contributed by atoms with E-state index in [0.717, 1.165) is 16.8 Å². The molecule has 0 aromatic heterocycles. The predicted molar refractivity (Wildman–Crippen MR) is 100 cm³/mol. The molecule has 3 rings (SSSR count). The van der Waals surface area contributed by atoms with Gasteiger partial charge in [-0.25, -0.2) is 8.42 Å². The molecule has 0 saturated carbocycles. The molecule has 2 aromatic carbocycles. The van der Waals surface area contributed by atoms with Crippen LogP contribution >= 0.6 is 0 Å². The van der Waals surface area contributed by atoms with E-state index < -0.39 is 9.84 Å². The van der Waals surface area contributed by atoms with Crippen molar-refractivity contribution in [2.75, 3.05) is 30.4 Å². The lowest BCUT2D eigenvalue weighted by molar-refractivity contribution is -0.117. The van der Waals surface area contributed by atoms with E-state index in [2.05, 4.69) is 5.32 Å². The molecule has 25 heavy (non-hydrogen) atoms. The Morgan fingerprint density at radius 2 is 1.72 bits per heavy atom. The second-order valence-electron chi connectivity index (χ2n) is 6.46. The highest BCUT2D eigenvalue weighted by atomic mass is 32.2. The molecular weight excluding hydrogens is 336 g/mol. The van der Waals surface area contributed by atoms with Gasteiger partial charge in [0.25, 0.3) is 0 Å². The molecule has 1 heterocycles. The van der Waals surface area contributed by atoms with E-state index in [1.165, 1.54) is 0 Å². The zero-order chi connectivity index (χ0) is 17.9. The van der Waals surface area contributed by atoms with Crippen LogP contribution in [0.3, 0.4) is 0 Å². The van der Waals surface area contributed by atoms with Crippen LogP contribution in [-0.2, 0) is 14.6 Å². The normalized spacial score (nSPS) is 19.0. The maximum absolute atomic E-state index is 12.2. The van der Waals surface area contributed by atoms with Crippen molar-refractivity contribution in [2.24, 2.45) is 0 Å². The number of rotatable bonds is 5. The highest BCUT2D eigenvalue weighted by Crippen LogP contribution is 2.21. The first-order valence-electron chi connectivity index (χ1n) is 8.29. The lowest BCUT2D eigenvalue weighted by Gasteiger charge is -2.22. The topological polar surface area (TPSA) is 66.5 Å². The molecule has 1 fully saturated rings. The van der Waals surface area contributed by atoms with Crippen molar-refractivity contribution in [1.82, 2.24) is 4.90 Å². The third kappa shape index (κ3) is 4.67. The van der Waals surface area contributed by atoms with Crippen LogP contribution in [0.2, 0.25) is 0 Å². The number of amides is 1. The van der Waals surface area contributed by atoms with Crippen molar-refractivity contribution in [3.05, 3.63) is 54.6 Å². The average Bonchev–Trinajstić information content (AvgIpc) is 2.96. The molecule has 0 bridgehead atoms. The van der Waals surface area contributed by atoms with Crippen molar-refractivity contribution in [3.63, 3.8) is 0 Å². The summed E-state index contributed by atoms with van der Waals surface area (Å²) in [5, 5.41) is 2.87. The van der Waals surface area contributed by atoms with E-state index in [9.17, 15) is 13.2 Å². The Morgan fingerprint density at radius 1 is 1.08 bits per heavy atom. The summed E-state index contributed by atoms with van der Waals surface area (Å²) in [6.45, 7) is 0.181. The van der Waals surface area contributed by atoms with Crippen LogP contribution in [0.25, 0.3) is 11.1 Å². The minimum absolute atomic E-state index is 0.0730. The van der Waals surface area contributed by atoms with Crippen molar-refractivity contribution in [2.45, 2.75) is 12.5 Å². The smallest absolute Gasteiger partial charge is 0.238 e. The molecule has 1 N–H and O–H groups in total. The highest BCUT2D eigenvalue weighted by Gasteiger charge is 2.31. The fourth-order valence-corrected chi connectivity index (χ4v) is 4.86. The van der Waals surface area contributed by atoms with Gasteiger partial charge in [-0.3, -0.25) is 9.69 Å². The van der Waals surface area contributed by atoms with E-state index in [1.54, 1.807) is 7.05 Å². The Labute approximate surface area is 148 Å². The molecule has 1 atom stereocenters. The Kier molecular flexibility index (Phi) is 5.20. The van der Waals surface area contributed by atoms with Gasteiger partial charge in [0.1, 0.15) is 0 Å². The van der Waals surface area contributed by atoms with Crippen LogP contribution < -0.4 is 5.32 Å². The summed E-state index contributed by atoms with van der Waals surface area (Å²) in [6, 6.07) is 17.7. The molecule has 0 unspecified atom stereocenters. The van der Waals surface area contributed by atoms with Gasteiger partial charge in [-0.2, -0.15) is 0 Å². The standard InChI is InChI=1S/C19H22N2O3S/c1-21(18-11-12-25(23,24)14-18)13-19(22)20-17-9-7-16(8-10-17)15-5-3-2-4-6-15/h2-10,18H,11-14H2,1H3,(H,20,22)/t18-/m0/s1. The number of hydrogen-bond donors (Lipinski definition) is 1. The average molecular weight is 358 g/mol. The van der Waals surface area contributed by atoms with Crippen LogP contribution in [0.15, 0.2) is 54.6 Å². The number of hydrogen-bond acceptors (Lipinski definition) is 4. The number of nitrogens with zero attached hydrogens (tertiary/aromatic N) is 1. The number of likely N-dealkylation sites (N-methyl/N-ethyl adjacent to an activating group) is 1. The summed E-state index contributed by atoms with van der Waals surface area (Å²) in [5.41, 5.74) is 2.95. The largest absolute Gasteiger partial charge is 0.325 e. The lowest BCUT2D eigenvalue weighted by atomic mass is 10.1. The summed E-state index contributed by atoms with van der Waals surface area (Å²) in [7, 11) is -1.14. The van der Waals surface area contributed by atoms with Gasteiger partial charge in [0.2, 0.25) is 5.91 Å². The van der Waals surface area contributed by atoms with E-state index in [-0.39, 0.29) is 30.0 Å². The quantitative estimate of drug-likeness (QED) is 0.891. The third-order valence-electron chi connectivity index (χ3n) is 4.50. The maximum Gasteiger partial charge on any atom is 0.238 e. The molecule has 1 aliphatic rings. The van der Waals surface area contributed by atoms with E-state index in [1.807, 2.05) is 59.5 Å². The zero-order valence-electron chi connectivity index (χ0n) is 14.2. The lowest BCUT2D eigenvalue weighted by Crippen LogP contribution is -2.38. The van der Waals surface area contributed by atoms with Crippen LogP contribution in [-0.4, -0.2) is 50.4 Å². The van der Waals surface area contributed by atoms with Crippen LogP contribution in [0.4, 0.5) is 5.69 Å². The Morgan fingerprint density at radius 3 is 2.32 bits per heavy atom. The first-order chi connectivity index (χ1) is 11.9. The van der Waals surface area contributed by atoms with E-state index in [0.29, 0.717) is 6.42 Å². The highest BCUT2D eigenvalue weighted by molar-refractivity contribution is 7.91. The number of benzene rings is 2. The zero-order valence-corrected chi connectivity index (χ0v) is 15.0. The van der Waals surface area contributed by atoms with Crippen molar-refractivity contribution in [1.29, 1.82) is 0 Å². The molecule has 0 radical (unpaired) electrons. The molecule has 132 valence electrons. The first kappa shape index (κ1) is 17.6. The van der Waals surface area contributed by atoms with Gasteiger partial charge in [0.05, 0.1) is 18.1 Å². The van der Waals surface area contributed by atoms with Gasteiger partial charge in [-0.1, -0.05) is 42.5 Å². The predicted octanol–water partition coefficient (Wildman–Crippen LogP) is 2.41. The Bertz CT molecular complexity index is 833. The first-order valence-corrected chi connectivity index (χ1v) is 10.1. The maximum atomic E-state index is 12.2. The summed E-state index contributed by atoms with van der Waals surface area (Å²) in [4.78, 5) is 14.0. The van der Waals surface area contributed by atoms with Crippen LogP contribution in [0, 0.1) is 0 Å². The van der Waals surface area contributed by atoms with Crippen LogP contribution in [0.5, 0.6) is 0 Å². The monoisotopic (exact) mass is 358 g/mol. The summed E-state index contributed by atoms with van der Waals surface area (Å²) in [6.07, 6.45) is 0.595. The number of carbonyl (C=O) groups is 1. The molecule has 5 nitrogen and oxygen atoms in total. The van der Waals surface area contributed by atoms with E-state index in [4.69, 9.17) is 0 Å². The van der Waals surface area contributed by atoms with Gasteiger partial charge in [-0.15, -0.1) is 0 Å². The second kappa shape index (κ2) is 7.37. The molecule has 1 aliphatic heterocycles. The second-order valence-corrected chi connectivity index (χ2v) is 8.69. The van der Waals surface area contributed by atoms with Gasteiger partial charge >= 0.3 is 0 Å². The number of anilines is 1. The fourth-order valence-electron chi connectivity index (χ4n) is 3.06. The van der Waals surface area contributed by atoms with Gasteiger partial charge in [0.15, 0.2) is 9.84 Å². The Hall–Kier alpha value is -2.18. The van der Waals surface area contributed by atoms with Gasteiger partial charge < -0.3 is 5.32 Å². The Balaban J connectivity index is 1.56. The molecule has 1 amide bonds. The molecule has 0 aliphatic carbocycles. The molecule has 2 aromatic rings. The summed E-state index contributed by atoms with van der Waals surface area (Å²) >= 11 is 0. The summed E-state index contributed by atoms with van der Waals surface area (Å²) in [5.74, 6) is 0.215. The SMILES string of the molecule is CN(CC(=O)Nc1ccc(-c2ccccc2)cc1)[C@H]1CCS(=O)(=O)C1.